The number of ether oxygens (including phenoxy) is 1. The van der Waals surface area contributed by atoms with Gasteiger partial charge in [0.25, 0.3) is 0 Å². The van der Waals surface area contributed by atoms with Crippen LogP contribution in [0.2, 0.25) is 5.02 Å². The molecule has 0 aliphatic rings. The molecule has 1 amide bonds. The molecule has 0 atom stereocenters. The summed E-state index contributed by atoms with van der Waals surface area (Å²) in [5.74, 6) is -0.682. The number of nitrogens with one attached hydrogen (secondary N) is 1. The normalized spacial score (nSPS) is 10.3. The first-order valence-electron chi connectivity index (χ1n) is 5.26. The predicted molar refractivity (Wildman–Crippen MR) is 70.0 cm³/mol. The van der Waals surface area contributed by atoms with E-state index in [4.69, 9.17) is 11.6 Å². The summed E-state index contributed by atoms with van der Waals surface area (Å²) < 4.78 is 4.60. The summed E-state index contributed by atoms with van der Waals surface area (Å²) in [7, 11) is 4.86. The number of benzene rings is 1. The van der Waals surface area contributed by atoms with Gasteiger partial charge in [-0.1, -0.05) is 11.6 Å². The first-order valence-corrected chi connectivity index (χ1v) is 5.64. The Kier molecular flexibility index (Phi) is 5.12. The number of methoxy groups -OCH3 is 1. The lowest BCUT2D eigenvalue weighted by atomic mass is 10.2. The van der Waals surface area contributed by atoms with Crippen molar-refractivity contribution in [1.82, 2.24) is 4.90 Å². The van der Waals surface area contributed by atoms with Crippen LogP contribution in [0.1, 0.15) is 10.4 Å². The fourth-order valence-corrected chi connectivity index (χ4v) is 1.51. The van der Waals surface area contributed by atoms with E-state index in [1.54, 1.807) is 25.1 Å². The second-order valence-electron chi connectivity index (χ2n) is 3.97. The molecule has 0 aliphatic heterocycles. The third-order valence-electron chi connectivity index (χ3n) is 2.12. The zero-order valence-corrected chi connectivity index (χ0v) is 11.2. The Labute approximate surface area is 111 Å². The van der Waals surface area contributed by atoms with Gasteiger partial charge in [0.1, 0.15) is 0 Å². The zero-order valence-electron chi connectivity index (χ0n) is 10.5. The van der Waals surface area contributed by atoms with Crippen LogP contribution < -0.4 is 5.32 Å². The fourth-order valence-electron chi connectivity index (χ4n) is 1.34. The number of carbonyl (C=O) groups excluding carboxylic acids is 2. The number of hydrogen-bond donors (Lipinski definition) is 1. The molecule has 1 N–H and O–H groups in total. The molecule has 0 bridgehead atoms. The average molecular weight is 271 g/mol. The summed E-state index contributed by atoms with van der Waals surface area (Å²) in [4.78, 5) is 24.7. The van der Waals surface area contributed by atoms with E-state index in [1.807, 2.05) is 0 Å². The summed E-state index contributed by atoms with van der Waals surface area (Å²) >= 11 is 5.94. The maximum atomic E-state index is 11.6. The molecule has 18 heavy (non-hydrogen) atoms. The number of nitrogens with zero attached hydrogens (tertiary/aromatic N) is 1. The van der Waals surface area contributed by atoms with Crippen LogP contribution in [-0.4, -0.2) is 44.5 Å². The van der Waals surface area contributed by atoms with Crippen LogP contribution in [0.5, 0.6) is 0 Å². The minimum atomic E-state index is -0.477. The number of carbonyl (C=O) groups is 2. The second kappa shape index (κ2) is 6.37. The molecule has 6 heteroatoms. The van der Waals surface area contributed by atoms with Crippen molar-refractivity contribution in [3.05, 3.63) is 28.8 Å². The highest BCUT2D eigenvalue weighted by Gasteiger charge is 2.11. The monoisotopic (exact) mass is 270 g/mol. The molecule has 0 saturated carbocycles. The largest absolute Gasteiger partial charge is 0.465 e. The molecule has 1 rings (SSSR count). The summed E-state index contributed by atoms with van der Waals surface area (Å²) in [6, 6.07) is 4.57. The molecule has 0 aliphatic carbocycles. The standard InChI is InChI=1S/C12H15ClN2O3/c1-15(2)7-11(16)14-10-6-8(12(17)18-3)4-5-9(10)13/h4-6H,7H2,1-3H3,(H,14,16). The highest BCUT2D eigenvalue weighted by Crippen LogP contribution is 2.23. The van der Waals surface area contributed by atoms with Crippen molar-refractivity contribution in [2.45, 2.75) is 0 Å². The topological polar surface area (TPSA) is 58.6 Å². The van der Waals surface area contributed by atoms with Crippen molar-refractivity contribution in [2.75, 3.05) is 33.1 Å². The van der Waals surface area contributed by atoms with Gasteiger partial charge < -0.3 is 15.0 Å². The Morgan fingerprint density at radius 3 is 2.61 bits per heavy atom. The van der Waals surface area contributed by atoms with Gasteiger partial charge in [0.05, 0.1) is 29.9 Å². The van der Waals surface area contributed by atoms with Crippen molar-refractivity contribution in [3.63, 3.8) is 0 Å². The quantitative estimate of drug-likeness (QED) is 0.845. The summed E-state index contributed by atoms with van der Waals surface area (Å²) in [6.45, 7) is 0.235. The molecule has 0 fully saturated rings. The van der Waals surface area contributed by atoms with Gasteiger partial charge in [-0.3, -0.25) is 4.79 Å². The van der Waals surface area contributed by atoms with Crippen LogP contribution in [0.15, 0.2) is 18.2 Å². The summed E-state index contributed by atoms with van der Waals surface area (Å²) in [5, 5.41) is 3.01. The Morgan fingerprint density at radius 2 is 2.06 bits per heavy atom. The number of likely N-dealkylation sites (N-methyl/N-ethyl adjacent to an activating group) is 1. The van der Waals surface area contributed by atoms with Gasteiger partial charge >= 0.3 is 5.97 Å². The zero-order chi connectivity index (χ0) is 13.7. The lowest BCUT2D eigenvalue weighted by Crippen LogP contribution is -2.27. The third-order valence-corrected chi connectivity index (χ3v) is 2.45. The van der Waals surface area contributed by atoms with Gasteiger partial charge in [-0.05, 0) is 32.3 Å². The number of halogens is 1. The lowest BCUT2D eigenvalue weighted by molar-refractivity contribution is -0.116. The van der Waals surface area contributed by atoms with Crippen LogP contribution in [0.3, 0.4) is 0 Å². The minimum absolute atomic E-state index is 0.205. The molecule has 0 saturated heterocycles. The molecule has 0 spiro atoms. The molecule has 1 aromatic rings. The van der Waals surface area contributed by atoms with E-state index in [9.17, 15) is 9.59 Å². The molecule has 0 unspecified atom stereocenters. The van der Waals surface area contributed by atoms with E-state index < -0.39 is 5.97 Å². The van der Waals surface area contributed by atoms with Crippen LogP contribution in [0.4, 0.5) is 5.69 Å². The first kappa shape index (κ1) is 14.5. The second-order valence-corrected chi connectivity index (χ2v) is 4.38. The van der Waals surface area contributed by atoms with Gasteiger partial charge in [0.2, 0.25) is 5.91 Å². The Balaban J connectivity index is 2.87. The smallest absolute Gasteiger partial charge is 0.337 e. The molecular formula is C12H15ClN2O3. The van der Waals surface area contributed by atoms with Crippen LogP contribution in [0, 0.1) is 0 Å². The van der Waals surface area contributed by atoms with Crippen molar-refractivity contribution in [2.24, 2.45) is 0 Å². The average Bonchev–Trinajstić information content (AvgIpc) is 2.30. The van der Waals surface area contributed by atoms with Gasteiger partial charge in [-0.2, -0.15) is 0 Å². The van der Waals surface area contributed by atoms with E-state index in [0.29, 0.717) is 16.3 Å². The predicted octanol–water partition coefficient (Wildman–Crippen LogP) is 1.63. The Morgan fingerprint density at radius 1 is 1.39 bits per heavy atom. The molecule has 0 aromatic heterocycles. The van der Waals surface area contributed by atoms with Crippen molar-refractivity contribution in [3.8, 4) is 0 Å². The minimum Gasteiger partial charge on any atom is -0.465 e. The van der Waals surface area contributed by atoms with Gasteiger partial charge in [-0.15, -0.1) is 0 Å². The van der Waals surface area contributed by atoms with E-state index in [0.717, 1.165) is 0 Å². The summed E-state index contributed by atoms with van der Waals surface area (Å²) in [6.07, 6.45) is 0. The lowest BCUT2D eigenvalue weighted by Gasteiger charge is -2.11. The molecule has 98 valence electrons. The number of esters is 1. The van der Waals surface area contributed by atoms with Crippen LogP contribution in [-0.2, 0) is 9.53 Å². The van der Waals surface area contributed by atoms with E-state index >= 15 is 0 Å². The maximum absolute atomic E-state index is 11.6. The van der Waals surface area contributed by atoms with Crippen molar-refractivity contribution in [1.29, 1.82) is 0 Å². The Bertz CT molecular complexity index is 461. The van der Waals surface area contributed by atoms with Crippen LogP contribution in [0.25, 0.3) is 0 Å². The van der Waals surface area contributed by atoms with Gasteiger partial charge in [0.15, 0.2) is 0 Å². The molecule has 0 radical (unpaired) electrons. The van der Waals surface area contributed by atoms with Gasteiger partial charge in [-0.25, -0.2) is 4.79 Å². The van der Waals surface area contributed by atoms with Crippen molar-refractivity contribution < 1.29 is 14.3 Å². The summed E-state index contributed by atoms with van der Waals surface area (Å²) in [5.41, 5.74) is 0.730. The van der Waals surface area contributed by atoms with Crippen LogP contribution >= 0.6 is 11.6 Å². The Hall–Kier alpha value is -1.59. The highest BCUT2D eigenvalue weighted by atomic mass is 35.5. The number of rotatable bonds is 4. The van der Waals surface area contributed by atoms with E-state index in [-0.39, 0.29) is 12.5 Å². The molecular weight excluding hydrogens is 256 g/mol. The number of amides is 1. The fraction of sp³-hybridized carbons (Fsp3) is 0.333. The SMILES string of the molecule is COC(=O)c1ccc(Cl)c(NC(=O)CN(C)C)c1. The van der Waals surface area contributed by atoms with E-state index in [1.165, 1.54) is 19.2 Å². The molecule has 0 heterocycles. The number of hydrogen-bond acceptors (Lipinski definition) is 4. The first-order chi connectivity index (χ1) is 8.43. The molecule has 5 nitrogen and oxygen atoms in total. The third kappa shape index (κ3) is 4.01. The van der Waals surface area contributed by atoms with Crippen molar-refractivity contribution >= 4 is 29.2 Å². The molecule has 1 aromatic carbocycles. The highest BCUT2D eigenvalue weighted by molar-refractivity contribution is 6.33. The number of anilines is 1. The van der Waals surface area contributed by atoms with E-state index in [2.05, 4.69) is 10.1 Å². The van der Waals surface area contributed by atoms with Gasteiger partial charge in [0, 0.05) is 0 Å². The maximum Gasteiger partial charge on any atom is 0.337 e.